The van der Waals surface area contributed by atoms with Crippen molar-refractivity contribution in [2.75, 3.05) is 4.90 Å². The zero-order valence-corrected chi connectivity index (χ0v) is 15.9. The summed E-state index contributed by atoms with van der Waals surface area (Å²) in [6.07, 6.45) is 10.0. The summed E-state index contributed by atoms with van der Waals surface area (Å²) < 4.78 is 0. The van der Waals surface area contributed by atoms with Gasteiger partial charge < -0.3 is 4.90 Å². The number of hydrogen-bond acceptors (Lipinski definition) is 1. The standard InChI is InChI=1S/C26H25N/c1-3-20(2)21-16-18-24(19-17-21)27(23-12-5-4-6-13-23)26-15-9-11-22-10-7-8-14-25(22)26/h5,7-19H,2-4,6H2,1H3. The van der Waals surface area contributed by atoms with Gasteiger partial charge in [-0.2, -0.15) is 0 Å². The third-order valence-corrected chi connectivity index (χ3v) is 5.20. The lowest BCUT2D eigenvalue weighted by Gasteiger charge is -2.29. The van der Waals surface area contributed by atoms with Gasteiger partial charge in [0.1, 0.15) is 0 Å². The molecular weight excluding hydrogens is 326 g/mol. The number of allylic oxidation sites excluding steroid dienone is 4. The molecule has 27 heavy (non-hydrogen) atoms. The van der Waals surface area contributed by atoms with Gasteiger partial charge in [0.05, 0.1) is 5.69 Å². The summed E-state index contributed by atoms with van der Waals surface area (Å²) in [6, 6.07) is 23.9. The summed E-state index contributed by atoms with van der Waals surface area (Å²) in [5.41, 5.74) is 6.02. The first-order valence-electron chi connectivity index (χ1n) is 9.70. The molecule has 3 aromatic carbocycles. The molecule has 0 heterocycles. The number of fused-ring (bicyclic) bond motifs is 1. The first kappa shape index (κ1) is 17.4. The summed E-state index contributed by atoms with van der Waals surface area (Å²) in [6.45, 7) is 6.32. The SMILES string of the molecule is C=C(CC)c1ccc(N(C2=CCCC=C2)c2cccc3ccccc23)cc1. The molecule has 4 rings (SSSR count). The highest BCUT2D eigenvalue weighted by Crippen LogP contribution is 2.37. The minimum atomic E-state index is 0.972. The van der Waals surface area contributed by atoms with Crippen LogP contribution in [0, 0.1) is 0 Å². The van der Waals surface area contributed by atoms with E-state index in [2.05, 4.69) is 103 Å². The molecule has 0 bridgehead atoms. The predicted molar refractivity (Wildman–Crippen MR) is 118 cm³/mol. The van der Waals surface area contributed by atoms with Crippen LogP contribution in [0.1, 0.15) is 31.7 Å². The quantitative estimate of drug-likeness (QED) is 0.456. The van der Waals surface area contributed by atoms with Crippen LogP contribution in [0.5, 0.6) is 0 Å². The first-order chi connectivity index (χ1) is 13.3. The summed E-state index contributed by atoms with van der Waals surface area (Å²) in [7, 11) is 0. The number of rotatable bonds is 5. The van der Waals surface area contributed by atoms with Gasteiger partial charge in [0, 0.05) is 16.8 Å². The summed E-state index contributed by atoms with van der Waals surface area (Å²) in [5, 5.41) is 2.53. The van der Waals surface area contributed by atoms with Gasteiger partial charge in [-0.1, -0.05) is 74.2 Å². The Morgan fingerprint density at radius 1 is 0.926 bits per heavy atom. The van der Waals surface area contributed by atoms with E-state index >= 15 is 0 Å². The lowest BCUT2D eigenvalue weighted by molar-refractivity contribution is 0.998. The number of anilines is 2. The smallest absolute Gasteiger partial charge is 0.0539 e. The maximum atomic E-state index is 4.17. The Labute approximate surface area is 162 Å². The molecule has 134 valence electrons. The van der Waals surface area contributed by atoms with E-state index in [1.54, 1.807) is 0 Å². The molecule has 1 aliphatic rings. The van der Waals surface area contributed by atoms with Gasteiger partial charge in [-0.05, 0) is 60.1 Å². The van der Waals surface area contributed by atoms with Crippen LogP contribution in [0.4, 0.5) is 11.4 Å². The monoisotopic (exact) mass is 351 g/mol. The van der Waals surface area contributed by atoms with Gasteiger partial charge in [-0.15, -0.1) is 0 Å². The average molecular weight is 351 g/mol. The topological polar surface area (TPSA) is 3.24 Å². The Kier molecular flexibility index (Phi) is 4.93. The maximum absolute atomic E-state index is 4.17. The van der Waals surface area contributed by atoms with Gasteiger partial charge >= 0.3 is 0 Å². The molecule has 1 heteroatoms. The fraction of sp³-hybridized carbons (Fsp3) is 0.154. The molecule has 0 aromatic heterocycles. The fourth-order valence-corrected chi connectivity index (χ4v) is 3.65. The van der Waals surface area contributed by atoms with Crippen molar-refractivity contribution in [1.29, 1.82) is 0 Å². The molecule has 0 unspecified atom stereocenters. The second-order valence-electron chi connectivity index (χ2n) is 6.95. The van der Waals surface area contributed by atoms with E-state index in [1.807, 2.05) is 0 Å². The molecule has 0 amide bonds. The molecular formula is C26H25N. The normalized spacial score (nSPS) is 13.4. The van der Waals surface area contributed by atoms with Crippen LogP contribution in [0.25, 0.3) is 16.3 Å². The lowest BCUT2D eigenvalue weighted by Crippen LogP contribution is -2.16. The zero-order valence-electron chi connectivity index (χ0n) is 15.9. The van der Waals surface area contributed by atoms with Crippen molar-refractivity contribution in [1.82, 2.24) is 0 Å². The molecule has 0 radical (unpaired) electrons. The highest BCUT2D eigenvalue weighted by atomic mass is 15.1. The van der Waals surface area contributed by atoms with Crippen LogP contribution >= 0.6 is 0 Å². The lowest BCUT2D eigenvalue weighted by atomic mass is 10.0. The number of nitrogens with zero attached hydrogens (tertiary/aromatic N) is 1. The van der Waals surface area contributed by atoms with Crippen molar-refractivity contribution in [3.05, 3.63) is 103 Å². The van der Waals surface area contributed by atoms with Gasteiger partial charge in [-0.25, -0.2) is 0 Å². The molecule has 0 atom stereocenters. The predicted octanol–water partition coefficient (Wildman–Crippen LogP) is 7.64. The highest BCUT2D eigenvalue weighted by molar-refractivity contribution is 5.97. The Balaban J connectivity index is 1.86. The van der Waals surface area contributed by atoms with Gasteiger partial charge in [0.2, 0.25) is 0 Å². The van der Waals surface area contributed by atoms with Crippen molar-refractivity contribution >= 4 is 27.7 Å². The van der Waals surface area contributed by atoms with E-state index in [4.69, 9.17) is 0 Å². The van der Waals surface area contributed by atoms with Gasteiger partial charge in [-0.3, -0.25) is 0 Å². The minimum Gasteiger partial charge on any atom is -0.310 e. The number of hydrogen-bond donors (Lipinski definition) is 0. The van der Waals surface area contributed by atoms with Gasteiger partial charge in [0.15, 0.2) is 0 Å². The second-order valence-corrected chi connectivity index (χ2v) is 6.95. The Hall–Kier alpha value is -3.06. The summed E-state index contributed by atoms with van der Waals surface area (Å²) in [5.74, 6) is 0. The van der Waals surface area contributed by atoms with Crippen LogP contribution in [-0.4, -0.2) is 0 Å². The second kappa shape index (κ2) is 7.67. The van der Waals surface area contributed by atoms with Crippen molar-refractivity contribution in [2.45, 2.75) is 26.2 Å². The molecule has 0 fully saturated rings. The minimum absolute atomic E-state index is 0.972. The number of benzene rings is 3. The Morgan fingerprint density at radius 2 is 1.70 bits per heavy atom. The van der Waals surface area contributed by atoms with Crippen molar-refractivity contribution in [3.8, 4) is 0 Å². The largest absolute Gasteiger partial charge is 0.310 e. The maximum Gasteiger partial charge on any atom is 0.0539 e. The first-order valence-corrected chi connectivity index (χ1v) is 9.70. The van der Waals surface area contributed by atoms with E-state index < -0.39 is 0 Å². The van der Waals surface area contributed by atoms with Crippen molar-refractivity contribution in [2.24, 2.45) is 0 Å². The summed E-state index contributed by atoms with van der Waals surface area (Å²) >= 11 is 0. The third kappa shape index (κ3) is 3.46. The molecule has 1 nitrogen and oxygen atoms in total. The van der Waals surface area contributed by atoms with Crippen LogP contribution in [0.3, 0.4) is 0 Å². The molecule has 1 aliphatic carbocycles. The molecule has 0 N–H and O–H groups in total. The average Bonchev–Trinajstić information content (AvgIpc) is 2.75. The molecule has 3 aromatic rings. The van der Waals surface area contributed by atoms with E-state index in [1.165, 1.54) is 39.0 Å². The zero-order chi connectivity index (χ0) is 18.6. The van der Waals surface area contributed by atoms with Crippen LogP contribution in [0.2, 0.25) is 0 Å². The Bertz CT molecular complexity index is 1020. The third-order valence-electron chi connectivity index (χ3n) is 5.20. The van der Waals surface area contributed by atoms with Crippen LogP contribution < -0.4 is 4.90 Å². The Morgan fingerprint density at radius 3 is 2.44 bits per heavy atom. The van der Waals surface area contributed by atoms with Crippen LogP contribution in [0.15, 0.2) is 97.2 Å². The molecule has 0 saturated carbocycles. The van der Waals surface area contributed by atoms with E-state index in [-0.39, 0.29) is 0 Å². The van der Waals surface area contributed by atoms with E-state index in [9.17, 15) is 0 Å². The fourth-order valence-electron chi connectivity index (χ4n) is 3.65. The van der Waals surface area contributed by atoms with Gasteiger partial charge in [0.25, 0.3) is 0 Å². The van der Waals surface area contributed by atoms with Crippen molar-refractivity contribution in [3.63, 3.8) is 0 Å². The van der Waals surface area contributed by atoms with E-state index in [0.717, 1.165) is 19.3 Å². The molecule has 0 aliphatic heterocycles. The summed E-state index contributed by atoms with van der Waals surface area (Å²) in [4.78, 5) is 2.37. The highest BCUT2D eigenvalue weighted by Gasteiger charge is 2.16. The van der Waals surface area contributed by atoms with Crippen molar-refractivity contribution < 1.29 is 0 Å². The molecule has 0 spiro atoms. The molecule has 0 saturated heterocycles. The van der Waals surface area contributed by atoms with E-state index in [0.29, 0.717) is 0 Å². The van der Waals surface area contributed by atoms with Crippen LogP contribution in [-0.2, 0) is 0 Å².